The SMILES string of the molecule is Cc1ccc(CNC(=O)CCn2c(=O)c(N3CCCC3)nc3ccccc32)o1. The first-order chi connectivity index (χ1) is 13.6. The van der Waals surface area contributed by atoms with E-state index in [4.69, 9.17) is 4.42 Å². The third-order valence-electron chi connectivity index (χ3n) is 5.06. The van der Waals surface area contributed by atoms with Crippen LogP contribution in [0.4, 0.5) is 5.82 Å². The van der Waals surface area contributed by atoms with Crippen molar-refractivity contribution in [2.45, 2.75) is 39.3 Å². The summed E-state index contributed by atoms with van der Waals surface area (Å²) in [7, 11) is 0. The fraction of sp³-hybridized carbons (Fsp3) is 0.381. The van der Waals surface area contributed by atoms with Crippen LogP contribution >= 0.6 is 0 Å². The number of hydrogen-bond acceptors (Lipinski definition) is 5. The van der Waals surface area contributed by atoms with E-state index in [-0.39, 0.29) is 17.9 Å². The lowest BCUT2D eigenvalue weighted by atomic mass is 10.2. The average Bonchev–Trinajstić information content (AvgIpc) is 3.37. The minimum Gasteiger partial charge on any atom is -0.465 e. The molecule has 0 unspecified atom stereocenters. The Morgan fingerprint density at radius 3 is 2.71 bits per heavy atom. The van der Waals surface area contributed by atoms with Crippen LogP contribution in [0.25, 0.3) is 11.0 Å². The minimum atomic E-state index is -0.130. The number of aromatic nitrogens is 2. The van der Waals surface area contributed by atoms with Gasteiger partial charge in [0.25, 0.3) is 5.56 Å². The molecule has 146 valence electrons. The Kier molecular flexibility index (Phi) is 5.14. The predicted octanol–water partition coefficient (Wildman–Crippen LogP) is 2.60. The number of carbonyl (C=O) groups is 1. The molecule has 1 aromatic carbocycles. The van der Waals surface area contributed by atoms with Gasteiger partial charge in [-0.05, 0) is 44.0 Å². The zero-order chi connectivity index (χ0) is 19.5. The fourth-order valence-corrected chi connectivity index (χ4v) is 3.60. The number of amides is 1. The molecule has 2 aromatic heterocycles. The standard InChI is InChI=1S/C21H24N4O3/c1-15-8-9-16(28-15)14-22-19(26)10-13-25-18-7-3-2-6-17(18)23-20(21(25)27)24-11-4-5-12-24/h2-3,6-9H,4-5,10-14H2,1H3,(H,22,26). The van der Waals surface area contributed by atoms with Gasteiger partial charge in [-0.2, -0.15) is 0 Å². The van der Waals surface area contributed by atoms with E-state index in [1.54, 1.807) is 4.57 Å². The smallest absolute Gasteiger partial charge is 0.294 e. The lowest BCUT2D eigenvalue weighted by molar-refractivity contribution is -0.121. The molecule has 3 aromatic rings. The maximum absolute atomic E-state index is 13.1. The number of rotatable bonds is 6. The molecule has 0 radical (unpaired) electrons. The Labute approximate surface area is 163 Å². The van der Waals surface area contributed by atoms with Crippen molar-refractivity contribution in [2.24, 2.45) is 0 Å². The van der Waals surface area contributed by atoms with Gasteiger partial charge in [-0.15, -0.1) is 0 Å². The quantitative estimate of drug-likeness (QED) is 0.711. The van der Waals surface area contributed by atoms with Crippen LogP contribution in [-0.2, 0) is 17.9 Å². The molecule has 0 atom stereocenters. The number of benzene rings is 1. The summed E-state index contributed by atoms with van der Waals surface area (Å²) in [6.45, 7) is 4.22. The Hall–Kier alpha value is -3.09. The largest absolute Gasteiger partial charge is 0.465 e. The highest BCUT2D eigenvalue weighted by molar-refractivity contribution is 5.78. The van der Waals surface area contributed by atoms with E-state index in [0.29, 0.717) is 24.7 Å². The van der Waals surface area contributed by atoms with Crippen molar-refractivity contribution in [3.05, 3.63) is 58.3 Å². The van der Waals surface area contributed by atoms with E-state index in [0.717, 1.165) is 42.7 Å². The molecule has 1 saturated heterocycles. The molecular formula is C21H24N4O3. The van der Waals surface area contributed by atoms with Crippen molar-refractivity contribution >= 4 is 22.8 Å². The summed E-state index contributed by atoms with van der Waals surface area (Å²) >= 11 is 0. The van der Waals surface area contributed by atoms with Gasteiger partial charge in [0, 0.05) is 26.1 Å². The first-order valence-electron chi connectivity index (χ1n) is 9.68. The second kappa shape index (κ2) is 7.88. The first kappa shape index (κ1) is 18.3. The molecule has 1 amide bonds. The molecule has 0 aliphatic carbocycles. The van der Waals surface area contributed by atoms with Gasteiger partial charge in [-0.1, -0.05) is 12.1 Å². The van der Waals surface area contributed by atoms with E-state index in [1.807, 2.05) is 48.2 Å². The molecule has 0 spiro atoms. The number of carbonyl (C=O) groups excluding carboxylic acids is 1. The van der Waals surface area contributed by atoms with Crippen molar-refractivity contribution < 1.29 is 9.21 Å². The van der Waals surface area contributed by atoms with Gasteiger partial charge in [-0.25, -0.2) is 4.98 Å². The summed E-state index contributed by atoms with van der Waals surface area (Å²) in [5.41, 5.74) is 1.40. The second-order valence-electron chi connectivity index (χ2n) is 7.11. The molecule has 1 aliphatic heterocycles. The van der Waals surface area contributed by atoms with Crippen LogP contribution in [0.3, 0.4) is 0 Å². The third kappa shape index (κ3) is 3.78. The Balaban J connectivity index is 1.52. The maximum Gasteiger partial charge on any atom is 0.294 e. The van der Waals surface area contributed by atoms with Crippen molar-refractivity contribution in [3.63, 3.8) is 0 Å². The van der Waals surface area contributed by atoms with Crippen molar-refractivity contribution in [3.8, 4) is 0 Å². The zero-order valence-electron chi connectivity index (χ0n) is 16.0. The normalized spacial score (nSPS) is 14.0. The van der Waals surface area contributed by atoms with Gasteiger partial charge >= 0.3 is 0 Å². The van der Waals surface area contributed by atoms with E-state index in [2.05, 4.69) is 10.3 Å². The number of nitrogens with one attached hydrogen (secondary N) is 1. The molecule has 1 N–H and O–H groups in total. The van der Waals surface area contributed by atoms with Crippen molar-refractivity contribution in [1.82, 2.24) is 14.9 Å². The lowest BCUT2D eigenvalue weighted by Crippen LogP contribution is -2.33. The molecule has 3 heterocycles. The third-order valence-corrected chi connectivity index (χ3v) is 5.06. The molecular weight excluding hydrogens is 356 g/mol. The van der Waals surface area contributed by atoms with E-state index in [1.165, 1.54) is 0 Å². The summed E-state index contributed by atoms with van der Waals surface area (Å²) in [5.74, 6) is 1.90. The van der Waals surface area contributed by atoms with Crippen LogP contribution in [0.5, 0.6) is 0 Å². The average molecular weight is 380 g/mol. The predicted molar refractivity (Wildman–Crippen MR) is 107 cm³/mol. The highest BCUT2D eigenvalue weighted by Gasteiger charge is 2.20. The number of nitrogens with zero attached hydrogens (tertiary/aromatic N) is 3. The van der Waals surface area contributed by atoms with Crippen LogP contribution in [0.1, 0.15) is 30.8 Å². The summed E-state index contributed by atoms with van der Waals surface area (Å²) in [5, 5.41) is 2.85. The summed E-state index contributed by atoms with van der Waals surface area (Å²) < 4.78 is 7.14. The number of fused-ring (bicyclic) bond motifs is 1. The zero-order valence-corrected chi connectivity index (χ0v) is 16.0. The van der Waals surface area contributed by atoms with Crippen molar-refractivity contribution in [2.75, 3.05) is 18.0 Å². The fourth-order valence-electron chi connectivity index (χ4n) is 3.60. The van der Waals surface area contributed by atoms with Crippen molar-refractivity contribution in [1.29, 1.82) is 0 Å². The maximum atomic E-state index is 13.1. The van der Waals surface area contributed by atoms with Gasteiger partial charge in [0.1, 0.15) is 11.5 Å². The molecule has 7 heteroatoms. The van der Waals surface area contributed by atoms with Gasteiger partial charge in [0.05, 0.1) is 17.6 Å². The van der Waals surface area contributed by atoms with E-state index < -0.39 is 0 Å². The second-order valence-corrected chi connectivity index (χ2v) is 7.11. The number of anilines is 1. The summed E-state index contributed by atoms with van der Waals surface area (Å²) in [6, 6.07) is 11.3. The number of aryl methyl sites for hydroxylation is 2. The van der Waals surface area contributed by atoms with Crippen LogP contribution in [-0.4, -0.2) is 28.5 Å². The Morgan fingerprint density at radius 1 is 1.18 bits per heavy atom. The molecule has 4 rings (SSSR count). The van der Waals surface area contributed by atoms with Gasteiger partial charge in [0.2, 0.25) is 5.91 Å². The van der Waals surface area contributed by atoms with Gasteiger partial charge < -0.3 is 19.2 Å². The van der Waals surface area contributed by atoms with Crippen LogP contribution in [0, 0.1) is 6.92 Å². The number of para-hydroxylation sites is 2. The van der Waals surface area contributed by atoms with Crippen LogP contribution in [0.2, 0.25) is 0 Å². The minimum absolute atomic E-state index is 0.121. The molecule has 1 aliphatic rings. The van der Waals surface area contributed by atoms with Crippen LogP contribution in [0.15, 0.2) is 45.6 Å². The topological polar surface area (TPSA) is 80.4 Å². The highest BCUT2D eigenvalue weighted by atomic mass is 16.3. The molecule has 28 heavy (non-hydrogen) atoms. The van der Waals surface area contributed by atoms with Crippen LogP contribution < -0.4 is 15.8 Å². The number of hydrogen-bond donors (Lipinski definition) is 1. The first-order valence-corrected chi connectivity index (χ1v) is 9.68. The molecule has 0 bridgehead atoms. The van der Waals surface area contributed by atoms with E-state index >= 15 is 0 Å². The molecule has 1 fully saturated rings. The Morgan fingerprint density at radius 2 is 1.96 bits per heavy atom. The highest BCUT2D eigenvalue weighted by Crippen LogP contribution is 2.18. The molecule has 0 saturated carbocycles. The lowest BCUT2D eigenvalue weighted by Gasteiger charge is -2.19. The summed E-state index contributed by atoms with van der Waals surface area (Å²) in [4.78, 5) is 32.0. The monoisotopic (exact) mass is 380 g/mol. The molecule has 7 nitrogen and oxygen atoms in total. The summed E-state index contributed by atoms with van der Waals surface area (Å²) in [6.07, 6.45) is 2.36. The Bertz CT molecular complexity index is 1050. The van der Waals surface area contributed by atoms with Gasteiger partial charge in [0.15, 0.2) is 5.82 Å². The number of furan rings is 1. The van der Waals surface area contributed by atoms with E-state index in [9.17, 15) is 9.59 Å². The van der Waals surface area contributed by atoms with Gasteiger partial charge in [-0.3, -0.25) is 9.59 Å².